The van der Waals surface area contributed by atoms with E-state index in [-0.39, 0.29) is 24.5 Å². The van der Waals surface area contributed by atoms with Crippen molar-refractivity contribution in [2.75, 3.05) is 36.4 Å². The topological polar surface area (TPSA) is 249 Å². The Morgan fingerprint density at radius 1 is 0.750 bits per heavy atom. The zero-order valence-corrected chi connectivity index (χ0v) is 28.2. The number of carboxylic acid groups (broad SMARTS) is 1. The molecule has 0 bridgehead atoms. The van der Waals surface area contributed by atoms with E-state index < -0.39 is 84.5 Å². The molecule has 15 nitrogen and oxygen atoms in total. The molecule has 10 N–H and O–H groups in total. The number of hydrogen-bond donors (Lipinski definition) is 10. The lowest BCUT2D eigenvalue weighted by Gasteiger charge is -2.27. The van der Waals surface area contributed by atoms with Crippen molar-refractivity contribution in [1.82, 2.24) is 26.6 Å². The number of carbonyl (C=O) groups excluding carboxylic acids is 5. The third kappa shape index (κ3) is 14.7. The smallest absolute Gasteiger partial charge is 0.328 e. The number of thioether (sulfide) groups is 2. The molecule has 0 fully saturated rings. The number of aliphatic carboxylic acids is 1. The van der Waals surface area contributed by atoms with Gasteiger partial charge in [0.1, 0.15) is 24.2 Å². The van der Waals surface area contributed by atoms with Gasteiger partial charge in [0.15, 0.2) is 6.04 Å². The molecule has 0 heterocycles. The average Bonchev–Trinajstić information content (AvgIpc) is 2.99. The SMILES string of the molecule is CC[C@H](C)[C@H](N)C(=O)N[C@@H](CCSC)C(=O)N[C@@H](CO)C(=O)N[C@@H](CCSC)C(=O)N[C@@H](CS)C(=O)N[C@H](C(=O)O)[C@@H](C)O. The molecule has 18 heteroatoms. The van der Waals surface area contributed by atoms with E-state index in [9.17, 15) is 44.1 Å². The summed E-state index contributed by atoms with van der Waals surface area (Å²) in [7, 11) is 0. The summed E-state index contributed by atoms with van der Waals surface area (Å²) < 4.78 is 0. The highest BCUT2D eigenvalue weighted by molar-refractivity contribution is 7.98. The molecule has 0 saturated heterocycles. The highest BCUT2D eigenvalue weighted by Crippen LogP contribution is 2.08. The number of carbonyl (C=O) groups is 6. The van der Waals surface area contributed by atoms with Crippen LogP contribution in [0, 0.1) is 5.92 Å². The zero-order valence-electron chi connectivity index (χ0n) is 25.7. The van der Waals surface area contributed by atoms with Crippen molar-refractivity contribution in [3.8, 4) is 0 Å². The first kappa shape index (κ1) is 41.8. The summed E-state index contributed by atoms with van der Waals surface area (Å²) in [6.07, 6.45) is 3.17. The number of nitrogens with two attached hydrogens (primary N) is 1. The molecule has 0 spiro atoms. The molecule has 0 aliphatic heterocycles. The van der Waals surface area contributed by atoms with E-state index in [0.29, 0.717) is 17.9 Å². The van der Waals surface area contributed by atoms with Crippen LogP contribution in [-0.2, 0) is 28.8 Å². The van der Waals surface area contributed by atoms with Crippen molar-refractivity contribution >= 4 is 71.7 Å². The number of hydrogen-bond acceptors (Lipinski definition) is 12. The van der Waals surface area contributed by atoms with Crippen LogP contribution >= 0.6 is 36.2 Å². The highest BCUT2D eigenvalue weighted by atomic mass is 32.2. The molecule has 44 heavy (non-hydrogen) atoms. The fourth-order valence-corrected chi connectivity index (χ4v) is 4.84. The van der Waals surface area contributed by atoms with Crippen molar-refractivity contribution in [1.29, 1.82) is 0 Å². The number of rotatable bonds is 22. The fourth-order valence-electron chi connectivity index (χ4n) is 3.64. The van der Waals surface area contributed by atoms with Crippen LogP contribution in [-0.4, -0.2) is 130 Å². The highest BCUT2D eigenvalue weighted by Gasteiger charge is 2.33. The molecule has 0 aromatic carbocycles. The maximum absolute atomic E-state index is 13.1. The summed E-state index contributed by atoms with van der Waals surface area (Å²) in [5.41, 5.74) is 6.00. The Morgan fingerprint density at radius 3 is 1.55 bits per heavy atom. The molecular weight excluding hydrogens is 637 g/mol. The molecule has 254 valence electrons. The van der Waals surface area contributed by atoms with Crippen LogP contribution in [0.2, 0.25) is 0 Å². The van der Waals surface area contributed by atoms with Crippen molar-refractivity contribution < 1.29 is 44.1 Å². The molecule has 0 aromatic heterocycles. The van der Waals surface area contributed by atoms with Crippen molar-refractivity contribution in [2.24, 2.45) is 11.7 Å². The predicted octanol–water partition coefficient (Wildman–Crippen LogP) is -2.32. The van der Waals surface area contributed by atoms with Gasteiger partial charge < -0.3 is 47.6 Å². The van der Waals surface area contributed by atoms with Gasteiger partial charge in [0.2, 0.25) is 29.5 Å². The largest absolute Gasteiger partial charge is 0.480 e. The Balaban J connectivity index is 5.67. The lowest BCUT2D eigenvalue weighted by Crippen LogP contribution is -2.60. The maximum Gasteiger partial charge on any atom is 0.328 e. The number of thiol groups is 1. The lowest BCUT2D eigenvalue weighted by atomic mass is 9.99. The maximum atomic E-state index is 13.1. The third-order valence-electron chi connectivity index (χ3n) is 6.72. The molecule has 0 aliphatic rings. The van der Waals surface area contributed by atoms with Gasteiger partial charge in [-0.1, -0.05) is 20.3 Å². The minimum absolute atomic E-state index is 0.108. The monoisotopic (exact) mass is 684 g/mol. The van der Waals surface area contributed by atoms with Gasteiger partial charge in [0.05, 0.1) is 18.8 Å². The second-order valence-electron chi connectivity index (χ2n) is 10.1. The molecule has 0 aliphatic carbocycles. The average molecular weight is 685 g/mol. The Hall–Kier alpha value is -2.25. The van der Waals surface area contributed by atoms with Gasteiger partial charge in [-0.05, 0) is 49.7 Å². The van der Waals surface area contributed by atoms with Crippen LogP contribution in [0.5, 0.6) is 0 Å². The molecule has 0 unspecified atom stereocenters. The first-order valence-electron chi connectivity index (χ1n) is 14.1. The van der Waals surface area contributed by atoms with Gasteiger partial charge in [-0.25, -0.2) is 4.79 Å². The zero-order chi connectivity index (χ0) is 34.0. The van der Waals surface area contributed by atoms with Crippen molar-refractivity contribution in [3.63, 3.8) is 0 Å². The van der Waals surface area contributed by atoms with Crippen molar-refractivity contribution in [3.05, 3.63) is 0 Å². The number of nitrogens with one attached hydrogen (secondary N) is 5. The van der Waals surface area contributed by atoms with E-state index in [1.165, 1.54) is 30.4 Å². The Bertz CT molecular complexity index is 962. The molecule has 0 radical (unpaired) electrons. The summed E-state index contributed by atoms with van der Waals surface area (Å²) in [5.74, 6) is -4.76. The van der Waals surface area contributed by atoms with Crippen LogP contribution in [0.25, 0.3) is 0 Å². The fraction of sp³-hybridized carbons (Fsp3) is 0.769. The van der Waals surface area contributed by atoms with Crippen LogP contribution < -0.4 is 32.3 Å². The van der Waals surface area contributed by atoms with Gasteiger partial charge in [-0.15, -0.1) is 0 Å². The van der Waals surface area contributed by atoms with E-state index in [2.05, 4.69) is 39.2 Å². The summed E-state index contributed by atoms with van der Waals surface area (Å²) in [4.78, 5) is 75.9. The van der Waals surface area contributed by atoms with E-state index >= 15 is 0 Å². The van der Waals surface area contributed by atoms with Gasteiger partial charge in [0.25, 0.3) is 0 Å². The van der Waals surface area contributed by atoms with Crippen LogP contribution in [0.1, 0.15) is 40.0 Å². The first-order valence-corrected chi connectivity index (χ1v) is 17.5. The van der Waals surface area contributed by atoms with Crippen LogP contribution in [0.3, 0.4) is 0 Å². The normalized spacial score (nSPS) is 16.6. The number of aliphatic hydroxyl groups is 2. The first-order chi connectivity index (χ1) is 20.7. The number of carboxylic acids is 1. The van der Waals surface area contributed by atoms with Crippen LogP contribution in [0.15, 0.2) is 0 Å². The van der Waals surface area contributed by atoms with Gasteiger partial charge >= 0.3 is 5.97 Å². The Labute approximate surface area is 272 Å². The third-order valence-corrected chi connectivity index (χ3v) is 8.38. The standard InChI is InChI=1S/C26H48N6O9S3/c1-6-13(2)19(27)25(39)29-16(8-10-44-5)21(35)30-17(11-33)23(37)28-15(7-9-43-4)22(36)31-18(12-42)24(38)32-20(14(3)34)26(40)41/h13-20,33-34,42H,6-12,27H2,1-5H3,(H,28,37)(H,29,39)(H,30,35)(H,31,36)(H,32,38)(H,40,41)/t13-,14+,15-,16-,17-,18-,19-,20-/m0/s1. The van der Waals surface area contributed by atoms with Gasteiger partial charge in [-0.3, -0.25) is 24.0 Å². The summed E-state index contributed by atoms with van der Waals surface area (Å²) in [5, 5.41) is 40.8. The van der Waals surface area contributed by atoms with E-state index in [0.717, 1.165) is 0 Å². The minimum Gasteiger partial charge on any atom is -0.480 e. The predicted molar refractivity (Wildman–Crippen MR) is 173 cm³/mol. The molecule has 0 rings (SSSR count). The molecule has 0 aromatic rings. The van der Waals surface area contributed by atoms with E-state index in [4.69, 9.17) is 5.73 Å². The molecule has 0 saturated carbocycles. The summed E-state index contributed by atoms with van der Waals surface area (Å²) in [6, 6.07) is -7.50. The second kappa shape index (κ2) is 22.3. The van der Waals surface area contributed by atoms with E-state index in [1.54, 1.807) is 6.26 Å². The Morgan fingerprint density at radius 2 is 1.16 bits per heavy atom. The van der Waals surface area contributed by atoms with Gasteiger partial charge in [-0.2, -0.15) is 36.2 Å². The minimum atomic E-state index is -1.63. The lowest BCUT2D eigenvalue weighted by molar-refractivity contribution is -0.145. The van der Waals surface area contributed by atoms with Crippen molar-refractivity contribution in [2.45, 2.75) is 82.4 Å². The Kier molecular flexibility index (Phi) is 21.1. The van der Waals surface area contributed by atoms with E-state index in [1.807, 2.05) is 20.1 Å². The summed E-state index contributed by atoms with van der Waals surface area (Å²) >= 11 is 6.87. The van der Waals surface area contributed by atoms with Crippen LogP contribution in [0.4, 0.5) is 0 Å². The number of amides is 5. The second-order valence-corrected chi connectivity index (χ2v) is 12.5. The molecule has 5 amide bonds. The summed E-state index contributed by atoms with van der Waals surface area (Å²) in [6.45, 7) is 4.05. The number of aliphatic hydroxyl groups excluding tert-OH is 2. The molecule has 8 atom stereocenters. The van der Waals surface area contributed by atoms with Gasteiger partial charge in [0, 0.05) is 5.75 Å². The molecular formula is C26H48N6O9S3. The quantitative estimate of drug-likeness (QED) is 0.0540.